The van der Waals surface area contributed by atoms with E-state index >= 15 is 0 Å². The molecule has 0 aliphatic carbocycles. The predicted molar refractivity (Wildman–Crippen MR) is 172 cm³/mol. The van der Waals surface area contributed by atoms with E-state index in [-0.39, 0.29) is 72.1 Å². The van der Waals surface area contributed by atoms with Gasteiger partial charge in [-0.2, -0.15) is 0 Å². The van der Waals surface area contributed by atoms with Gasteiger partial charge in [0.05, 0.1) is 36.8 Å². The topological polar surface area (TPSA) is 96.5 Å². The second kappa shape index (κ2) is 17.0. The first-order valence-electron chi connectivity index (χ1n) is 16.2. The van der Waals surface area contributed by atoms with Gasteiger partial charge in [-0.1, -0.05) is 68.7 Å². The average Bonchev–Trinajstić information content (AvgIpc) is 3.40. The quantitative estimate of drug-likeness (QED) is 0.236. The highest BCUT2D eigenvalue weighted by molar-refractivity contribution is 5.90. The minimum absolute atomic E-state index is 0.0553. The Balaban J connectivity index is 3.17. The molecule has 0 unspecified atom stereocenters. The van der Waals surface area contributed by atoms with Gasteiger partial charge in [-0.15, -0.1) is 0 Å². The minimum Gasteiger partial charge on any atom is -0.379 e. The smallest absolute Gasteiger partial charge is 0.225 e. The van der Waals surface area contributed by atoms with Gasteiger partial charge in [-0.3, -0.25) is 24.1 Å². The Labute approximate surface area is 262 Å². The predicted octanol–water partition coefficient (Wildman–Crippen LogP) is 4.70. The summed E-state index contributed by atoms with van der Waals surface area (Å²) in [5, 5.41) is 0. The number of hydrogen-bond donors (Lipinski definition) is 0. The van der Waals surface area contributed by atoms with Crippen LogP contribution in [0.15, 0.2) is 0 Å². The third-order valence-corrected chi connectivity index (χ3v) is 9.44. The van der Waals surface area contributed by atoms with Crippen LogP contribution < -0.4 is 0 Å². The van der Waals surface area contributed by atoms with E-state index in [9.17, 15) is 19.2 Å². The molecule has 0 radical (unpaired) electrons. The van der Waals surface area contributed by atoms with Crippen molar-refractivity contribution in [2.75, 3.05) is 41.9 Å². The number of rotatable bonds is 17. The number of hydrogen-bond acceptors (Lipinski definition) is 7. The summed E-state index contributed by atoms with van der Waals surface area (Å²) >= 11 is 0. The van der Waals surface area contributed by atoms with Crippen molar-refractivity contribution in [1.29, 1.82) is 0 Å². The molecule has 1 rings (SSSR count). The zero-order valence-corrected chi connectivity index (χ0v) is 29.7. The lowest BCUT2D eigenvalue weighted by Crippen LogP contribution is -2.54. The van der Waals surface area contributed by atoms with Crippen molar-refractivity contribution in [3.63, 3.8) is 0 Å². The second-order valence-electron chi connectivity index (χ2n) is 14.4. The Hall–Kier alpha value is -1.84. The number of ether oxygens (including phenoxy) is 2. The molecule has 1 aliphatic heterocycles. The highest BCUT2D eigenvalue weighted by Gasteiger charge is 2.43. The van der Waals surface area contributed by atoms with Crippen molar-refractivity contribution in [1.82, 2.24) is 14.7 Å². The van der Waals surface area contributed by atoms with Gasteiger partial charge >= 0.3 is 0 Å². The largest absolute Gasteiger partial charge is 0.379 e. The van der Waals surface area contributed by atoms with E-state index in [1.165, 1.54) is 0 Å². The first-order valence-corrected chi connectivity index (χ1v) is 16.2. The summed E-state index contributed by atoms with van der Waals surface area (Å²) in [5.74, 6) is -0.664. The molecule has 0 aromatic carbocycles. The van der Waals surface area contributed by atoms with Crippen molar-refractivity contribution in [2.45, 2.75) is 125 Å². The normalized spacial score (nSPS) is 20.8. The van der Waals surface area contributed by atoms with E-state index in [2.05, 4.69) is 13.8 Å². The lowest BCUT2D eigenvalue weighted by atomic mass is 9.79. The standard InChI is InChI=1S/C34H63N3O6/c1-15-22(4)30(36(12)33(41)23(5)19-26(38)29(21(2)3)35(10)11)27(42-13)20-28(39)37-18-16-17-25(37)31(43-14)24(6)32(40)34(7,8)9/h21-25,27,29-31H,15-20H2,1-14H3/t22-,23+,24+,25-,27+,29-,30-,31+/m0/s1. The number of carbonyl (C=O) groups excluding carboxylic acids is 4. The monoisotopic (exact) mass is 609 g/mol. The molecule has 0 bridgehead atoms. The van der Waals surface area contributed by atoms with Crippen LogP contribution in [0.25, 0.3) is 0 Å². The molecule has 1 aliphatic rings. The molecule has 1 saturated heterocycles. The molecule has 9 heteroatoms. The van der Waals surface area contributed by atoms with Crippen molar-refractivity contribution >= 4 is 23.4 Å². The molecule has 0 saturated carbocycles. The number of Topliss-reactive ketones (excluding diaryl/α,β-unsaturated/α-hetero) is 2. The first kappa shape index (κ1) is 39.2. The molecular formula is C34H63N3O6. The molecule has 250 valence electrons. The van der Waals surface area contributed by atoms with Gasteiger partial charge in [0.25, 0.3) is 0 Å². The summed E-state index contributed by atoms with van der Waals surface area (Å²) in [4.78, 5) is 59.3. The molecular weight excluding hydrogens is 546 g/mol. The van der Waals surface area contributed by atoms with Gasteiger partial charge in [0, 0.05) is 51.5 Å². The molecule has 0 aromatic rings. The molecule has 43 heavy (non-hydrogen) atoms. The van der Waals surface area contributed by atoms with E-state index in [4.69, 9.17) is 9.47 Å². The molecule has 0 N–H and O–H groups in total. The third-order valence-electron chi connectivity index (χ3n) is 9.44. The highest BCUT2D eigenvalue weighted by atomic mass is 16.5. The zero-order valence-electron chi connectivity index (χ0n) is 29.7. The summed E-state index contributed by atoms with van der Waals surface area (Å²) < 4.78 is 11.8. The zero-order chi connectivity index (χ0) is 33.4. The first-order chi connectivity index (χ1) is 19.8. The molecule has 8 atom stereocenters. The van der Waals surface area contributed by atoms with Gasteiger partial charge in [0.15, 0.2) is 5.78 Å². The van der Waals surface area contributed by atoms with Crippen molar-refractivity contribution in [3.05, 3.63) is 0 Å². The van der Waals surface area contributed by atoms with Crippen LogP contribution in [0.5, 0.6) is 0 Å². The number of carbonyl (C=O) groups is 4. The van der Waals surface area contributed by atoms with Gasteiger partial charge in [0.2, 0.25) is 11.8 Å². The maximum Gasteiger partial charge on any atom is 0.225 e. The van der Waals surface area contributed by atoms with E-state index in [1.807, 2.05) is 72.4 Å². The molecule has 1 fully saturated rings. The van der Waals surface area contributed by atoms with E-state index in [1.54, 1.807) is 26.2 Å². The SMILES string of the molecule is CC[C@H](C)[C@@H]([C@@H](CC(=O)N1CCC[C@H]1[C@H](OC)[C@@H](C)C(=O)C(C)(C)C)OC)N(C)C(=O)[C@H](C)CC(=O)[C@H](C(C)C)N(C)C. The summed E-state index contributed by atoms with van der Waals surface area (Å²) in [6.07, 6.45) is 1.75. The fourth-order valence-corrected chi connectivity index (χ4v) is 7.10. The van der Waals surface area contributed by atoms with Crippen LogP contribution in [-0.4, -0.2) is 110 Å². The van der Waals surface area contributed by atoms with Crippen LogP contribution in [0.4, 0.5) is 0 Å². The van der Waals surface area contributed by atoms with Crippen LogP contribution in [0.3, 0.4) is 0 Å². The summed E-state index contributed by atoms with van der Waals surface area (Å²) in [6.45, 7) is 18.2. The van der Waals surface area contributed by atoms with E-state index in [0.717, 1.165) is 19.3 Å². The fraction of sp³-hybridized carbons (Fsp3) is 0.882. The van der Waals surface area contributed by atoms with Crippen molar-refractivity contribution in [2.24, 2.45) is 29.1 Å². The van der Waals surface area contributed by atoms with Gasteiger partial charge < -0.3 is 19.3 Å². The van der Waals surface area contributed by atoms with E-state index < -0.39 is 23.5 Å². The lowest BCUT2D eigenvalue weighted by molar-refractivity contribution is -0.148. The maximum atomic E-state index is 13.9. The highest BCUT2D eigenvalue weighted by Crippen LogP contribution is 2.32. The minimum atomic E-state index is -0.527. The Morgan fingerprint density at radius 1 is 0.930 bits per heavy atom. The van der Waals surface area contributed by atoms with Crippen LogP contribution in [0.1, 0.15) is 94.4 Å². The Kier molecular flexibility index (Phi) is 15.5. The lowest BCUT2D eigenvalue weighted by Gasteiger charge is -2.40. The van der Waals surface area contributed by atoms with Gasteiger partial charge in [-0.05, 0) is 38.8 Å². The van der Waals surface area contributed by atoms with Crippen molar-refractivity contribution < 1.29 is 28.7 Å². The van der Waals surface area contributed by atoms with Gasteiger partial charge in [-0.25, -0.2) is 0 Å². The van der Waals surface area contributed by atoms with Crippen LogP contribution in [0.2, 0.25) is 0 Å². The van der Waals surface area contributed by atoms with Crippen LogP contribution in [-0.2, 0) is 28.7 Å². The molecule has 0 aromatic heterocycles. The molecule has 2 amide bonds. The fourth-order valence-electron chi connectivity index (χ4n) is 7.10. The number of likely N-dealkylation sites (tertiary alicyclic amines) is 1. The van der Waals surface area contributed by atoms with E-state index in [0.29, 0.717) is 6.54 Å². The Morgan fingerprint density at radius 3 is 1.95 bits per heavy atom. The number of ketones is 2. The molecule has 0 spiro atoms. The summed E-state index contributed by atoms with van der Waals surface area (Å²) in [7, 11) is 8.75. The maximum absolute atomic E-state index is 13.9. The number of amides is 2. The Bertz CT molecular complexity index is 922. The van der Waals surface area contributed by atoms with Crippen molar-refractivity contribution in [3.8, 4) is 0 Å². The number of methoxy groups -OCH3 is 2. The van der Waals surface area contributed by atoms with Crippen LogP contribution >= 0.6 is 0 Å². The van der Waals surface area contributed by atoms with Gasteiger partial charge in [0.1, 0.15) is 5.78 Å². The molecule has 9 nitrogen and oxygen atoms in total. The third kappa shape index (κ3) is 10.1. The Morgan fingerprint density at radius 2 is 1.51 bits per heavy atom. The average molecular weight is 610 g/mol. The second-order valence-corrected chi connectivity index (χ2v) is 14.4. The summed E-state index contributed by atoms with van der Waals surface area (Å²) in [6, 6.07) is -0.797. The molecule has 1 heterocycles. The number of nitrogens with zero attached hydrogens (tertiary/aromatic N) is 3. The number of likely N-dealkylation sites (N-methyl/N-ethyl adjacent to an activating group) is 2. The van der Waals surface area contributed by atoms with Crippen LogP contribution in [0, 0.1) is 29.1 Å². The summed E-state index contributed by atoms with van der Waals surface area (Å²) in [5.41, 5.74) is -0.505.